The molecule has 0 saturated carbocycles. The first kappa shape index (κ1) is 16.8. The Morgan fingerprint density at radius 1 is 1.24 bits per heavy atom. The summed E-state index contributed by atoms with van der Waals surface area (Å²) < 4.78 is 7.48. The maximum absolute atomic E-state index is 11.9. The second kappa shape index (κ2) is 6.80. The number of carboxylic acid groups (broad SMARTS) is 1. The average molecular weight is 341 g/mol. The molecule has 2 aromatic heterocycles. The van der Waals surface area contributed by atoms with Crippen LogP contribution in [-0.2, 0) is 11.3 Å². The number of rotatable bonds is 7. The Balaban J connectivity index is 2.35. The summed E-state index contributed by atoms with van der Waals surface area (Å²) in [7, 11) is 0. The number of benzene rings is 1. The van der Waals surface area contributed by atoms with Crippen LogP contribution in [-0.4, -0.2) is 33.1 Å². The van der Waals surface area contributed by atoms with Crippen LogP contribution in [0.5, 0.6) is 5.75 Å². The van der Waals surface area contributed by atoms with Crippen LogP contribution in [0.1, 0.15) is 30.1 Å². The van der Waals surface area contributed by atoms with E-state index in [4.69, 9.17) is 15.6 Å². The van der Waals surface area contributed by atoms with E-state index in [0.29, 0.717) is 22.1 Å². The summed E-state index contributed by atoms with van der Waals surface area (Å²) >= 11 is 0. The quantitative estimate of drug-likeness (QED) is 0.686. The maximum Gasteiger partial charge on any atom is 0.341 e. The smallest absolute Gasteiger partial charge is 0.341 e. The zero-order chi connectivity index (χ0) is 18.0. The number of carbonyl (C=O) groups excluding carboxylic acids is 1. The lowest BCUT2D eigenvalue weighted by Gasteiger charge is -2.07. The molecule has 0 aliphatic carbocycles. The van der Waals surface area contributed by atoms with E-state index >= 15 is 0 Å². The molecule has 0 unspecified atom stereocenters. The molecule has 130 valence electrons. The summed E-state index contributed by atoms with van der Waals surface area (Å²) in [5.74, 6) is -1.29. The van der Waals surface area contributed by atoms with Crippen molar-refractivity contribution in [3.8, 4) is 5.75 Å². The fourth-order valence-electron chi connectivity index (χ4n) is 3.06. The van der Waals surface area contributed by atoms with Gasteiger partial charge in [0.25, 0.3) is 0 Å². The Labute approximate surface area is 144 Å². The number of amides is 1. The van der Waals surface area contributed by atoms with Crippen molar-refractivity contribution in [3.05, 3.63) is 36.2 Å². The highest BCUT2D eigenvalue weighted by Crippen LogP contribution is 2.37. The number of ether oxygens (including phenoxy) is 1. The van der Waals surface area contributed by atoms with Crippen LogP contribution in [0.3, 0.4) is 0 Å². The molecule has 3 aromatic rings. The lowest BCUT2D eigenvalue weighted by atomic mass is 10.1. The molecule has 7 nitrogen and oxygen atoms in total. The number of aromatic nitrogens is 2. The van der Waals surface area contributed by atoms with Crippen LogP contribution in [0.2, 0.25) is 0 Å². The summed E-state index contributed by atoms with van der Waals surface area (Å²) in [5.41, 5.74) is 7.58. The molecule has 0 fully saturated rings. The number of nitrogens with zero attached hydrogens (tertiary/aromatic N) is 2. The topological polar surface area (TPSA) is 107 Å². The number of primary amides is 1. The van der Waals surface area contributed by atoms with Crippen molar-refractivity contribution in [1.29, 1.82) is 0 Å². The first-order valence-corrected chi connectivity index (χ1v) is 8.08. The van der Waals surface area contributed by atoms with Crippen LogP contribution >= 0.6 is 0 Å². The van der Waals surface area contributed by atoms with Crippen molar-refractivity contribution in [3.63, 3.8) is 0 Å². The number of fused-ring (bicyclic) bond motifs is 3. The van der Waals surface area contributed by atoms with E-state index in [9.17, 15) is 9.59 Å². The SMILES string of the molecule is CCCCn1c2cncc(OCC(=O)O)c2c2c(C(N)=O)cccc21. The van der Waals surface area contributed by atoms with Gasteiger partial charge in [0.05, 0.1) is 28.8 Å². The molecule has 3 rings (SSSR count). The van der Waals surface area contributed by atoms with Crippen molar-refractivity contribution < 1.29 is 19.4 Å². The lowest BCUT2D eigenvalue weighted by molar-refractivity contribution is -0.139. The standard InChI is InChI=1S/C18H19N3O4/c1-2-3-7-21-12-6-4-5-11(18(19)24)16(12)17-13(21)8-20-9-14(17)25-10-15(22)23/h4-6,8-9H,2-3,7,10H2,1H3,(H2,19,24)(H,22,23). The number of aryl methyl sites for hydroxylation is 1. The molecule has 0 spiro atoms. The third-order valence-electron chi connectivity index (χ3n) is 4.12. The molecular formula is C18H19N3O4. The first-order valence-electron chi connectivity index (χ1n) is 8.08. The molecule has 1 amide bonds. The van der Waals surface area contributed by atoms with Crippen LogP contribution < -0.4 is 10.5 Å². The van der Waals surface area contributed by atoms with Gasteiger partial charge in [-0.2, -0.15) is 0 Å². The maximum atomic E-state index is 11.9. The van der Waals surface area contributed by atoms with Gasteiger partial charge >= 0.3 is 5.97 Å². The van der Waals surface area contributed by atoms with Gasteiger partial charge in [0.1, 0.15) is 5.75 Å². The molecule has 0 atom stereocenters. The van der Waals surface area contributed by atoms with Gasteiger partial charge in [0.2, 0.25) is 5.91 Å². The molecular weight excluding hydrogens is 322 g/mol. The molecule has 7 heteroatoms. The van der Waals surface area contributed by atoms with Gasteiger partial charge in [-0.3, -0.25) is 9.78 Å². The van der Waals surface area contributed by atoms with E-state index < -0.39 is 18.5 Å². The van der Waals surface area contributed by atoms with Gasteiger partial charge < -0.3 is 20.1 Å². The fourth-order valence-corrected chi connectivity index (χ4v) is 3.06. The summed E-state index contributed by atoms with van der Waals surface area (Å²) in [4.78, 5) is 27.0. The van der Waals surface area contributed by atoms with E-state index in [-0.39, 0.29) is 0 Å². The Hall–Kier alpha value is -3.09. The molecule has 2 heterocycles. The van der Waals surface area contributed by atoms with Gasteiger partial charge in [-0.15, -0.1) is 0 Å². The van der Waals surface area contributed by atoms with Crippen molar-refractivity contribution in [1.82, 2.24) is 9.55 Å². The number of carbonyl (C=O) groups is 2. The third kappa shape index (κ3) is 3.00. The molecule has 0 radical (unpaired) electrons. The zero-order valence-corrected chi connectivity index (χ0v) is 13.9. The third-order valence-corrected chi connectivity index (χ3v) is 4.12. The Morgan fingerprint density at radius 2 is 2.04 bits per heavy atom. The monoisotopic (exact) mass is 341 g/mol. The first-order chi connectivity index (χ1) is 12.0. The van der Waals surface area contributed by atoms with Crippen LogP contribution in [0.15, 0.2) is 30.6 Å². The van der Waals surface area contributed by atoms with E-state index in [0.717, 1.165) is 30.4 Å². The second-order valence-corrected chi connectivity index (χ2v) is 5.78. The zero-order valence-electron chi connectivity index (χ0n) is 13.9. The lowest BCUT2D eigenvalue weighted by Crippen LogP contribution is -2.11. The summed E-state index contributed by atoms with van der Waals surface area (Å²) in [5, 5.41) is 10.2. The highest BCUT2D eigenvalue weighted by Gasteiger charge is 2.20. The molecule has 25 heavy (non-hydrogen) atoms. The highest BCUT2D eigenvalue weighted by atomic mass is 16.5. The molecule has 3 N–H and O–H groups in total. The number of unbranched alkanes of at least 4 members (excludes halogenated alkanes) is 1. The van der Waals surface area contributed by atoms with Gasteiger partial charge in [0, 0.05) is 17.5 Å². The largest absolute Gasteiger partial charge is 0.480 e. The van der Waals surface area contributed by atoms with E-state index in [1.165, 1.54) is 6.20 Å². The number of hydrogen-bond acceptors (Lipinski definition) is 4. The molecule has 0 bridgehead atoms. The number of pyridine rings is 1. The normalized spacial score (nSPS) is 11.1. The number of aliphatic carboxylic acids is 1. The predicted molar refractivity (Wildman–Crippen MR) is 93.8 cm³/mol. The van der Waals surface area contributed by atoms with Crippen molar-refractivity contribution in [2.24, 2.45) is 5.73 Å². The summed E-state index contributed by atoms with van der Waals surface area (Å²) in [6.45, 7) is 2.37. The highest BCUT2D eigenvalue weighted by molar-refractivity contribution is 6.19. The average Bonchev–Trinajstić information content (AvgIpc) is 2.92. The number of nitrogens with two attached hydrogens (primary N) is 1. The van der Waals surface area contributed by atoms with Crippen LogP contribution in [0.25, 0.3) is 21.8 Å². The van der Waals surface area contributed by atoms with Crippen molar-refractivity contribution >= 4 is 33.7 Å². The van der Waals surface area contributed by atoms with E-state index in [2.05, 4.69) is 16.5 Å². The van der Waals surface area contributed by atoms with Gasteiger partial charge in [0.15, 0.2) is 6.61 Å². The number of carboxylic acids is 1. The molecule has 0 aliphatic rings. The van der Waals surface area contributed by atoms with Gasteiger partial charge in [-0.05, 0) is 18.6 Å². The minimum absolute atomic E-state index is 0.328. The second-order valence-electron chi connectivity index (χ2n) is 5.78. The molecule has 0 saturated heterocycles. The number of hydrogen-bond donors (Lipinski definition) is 2. The Kier molecular flexibility index (Phi) is 4.56. The van der Waals surface area contributed by atoms with Gasteiger partial charge in [-0.1, -0.05) is 19.4 Å². The Bertz CT molecular complexity index is 962. The van der Waals surface area contributed by atoms with Crippen LogP contribution in [0, 0.1) is 0 Å². The van der Waals surface area contributed by atoms with Crippen molar-refractivity contribution in [2.45, 2.75) is 26.3 Å². The summed E-state index contributed by atoms with van der Waals surface area (Å²) in [6, 6.07) is 5.36. The Morgan fingerprint density at radius 3 is 2.72 bits per heavy atom. The summed E-state index contributed by atoms with van der Waals surface area (Å²) in [6.07, 6.45) is 5.13. The molecule has 1 aromatic carbocycles. The van der Waals surface area contributed by atoms with Crippen molar-refractivity contribution in [2.75, 3.05) is 6.61 Å². The van der Waals surface area contributed by atoms with Crippen LogP contribution in [0.4, 0.5) is 0 Å². The van der Waals surface area contributed by atoms with E-state index in [1.54, 1.807) is 18.3 Å². The van der Waals surface area contributed by atoms with Gasteiger partial charge in [-0.25, -0.2) is 4.79 Å². The fraction of sp³-hybridized carbons (Fsp3) is 0.278. The minimum atomic E-state index is -1.08. The predicted octanol–water partition coefficient (Wildman–Crippen LogP) is 2.55. The minimum Gasteiger partial charge on any atom is -0.480 e. The van der Waals surface area contributed by atoms with E-state index in [1.807, 2.05) is 6.07 Å². The molecule has 0 aliphatic heterocycles.